The molecule has 5 rings (SSSR count). The van der Waals surface area contributed by atoms with Crippen LogP contribution < -0.4 is 0 Å². The molecule has 2 nitrogen and oxygen atoms in total. The third-order valence-electron chi connectivity index (χ3n) is 11.5. The first-order chi connectivity index (χ1) is 14.6. The molecule has 9 atom stereocenters. The Bertz CT molecular complexity index is 720. The van der Waals surface area contributed by atoms with Gasteiger partial charge >= 0.3 is 0 Å². The van der Waals surface area contributed by atoms with Gasteiger partial charge in [-0.1, -0.05) is 65.5 Å². The average molecular weight is 429 g/mol. The minimum Gasteiger partial charge on any atom is -0.393 e. The van der Waals surface area contributed by atoms with E-state index < -0.39 is 0 Å². The number of allylic oxidation sites excluding steroid dienone is 1. The van der Waals surface area contributed by atoms with Gasteiger partial charge < -0.3 is 10.2 Å². The minimum atomic E-state index is -0.113. The van der Waals surface area contributed by atoms with E-state index in [0.717, 1.165) is 37.5 Å². The second kappa shape index (κ2) is 7.59. The normalized spacial score (nSPS) is 48.7. The van der Waals surface area contributed by atoms with E-state index >= 15 is 0 Å². The summed E-state index contributed by atoms with van der Waals surface area (Å²) in [4.78, 5) is 0. The molecule has 0 unspecified atom stereocenters. The second-order valence-electron chi connectivity index (χ2n) is 13.5. The number of hydrogen-bond donors (Lipinski definition) is 2. The molecule has 1 spiro atoms. The summed E-state index contributed by atoms with van der Waals surface area (Å²) in [6, 6.07) is 0. The molecule has 0 aromatic rings. The minimum absolute atomic E-state index is 0.106. The molecule has 0 bridgehead atoms. The van der Waals surface area contributed by atoms with Crippen molar-refractivity contribution >= 4 is 0 Å². The molecule has 0 aromatic heterocycles. The van der Waals surface area contributed by atoms with Gasteiger partial charge in [-0.3, -0.25) is 0 Å². The molecule has 5 aliphatic carbocycles. The van der Waals surface area contributed by atoms with Crippen LogP contribution in [-0.2, 0) is 0 Å². The van der Waals surface area contributed by atoms with Crippen molar-refractivity contribution in [2.24, 2.45) is 51.8 Å². The number of aliphatic hydroxyl groups excluding tert-OH is 2. The van der Waals surface area contributed by atoms with E-state index in [-0.39, 0.29) is 23.0 Å². The SMILES string of the molecule is CC(C)CCC[C@@H](C)[C@H]1C[C@@H](O)[C@H]2[C@@H]3CC=C4C5(CC5)[C@@H](O)CC[C@]4(C)[C@H]3CC[C@@]21C. The van der Waals surface area contributed by atoms with E-state index in [9.17, 15) is 10.2 Å². The maximum Gasteiger partial charge on any atom is 0.0634 e. The summed E-state index contributed by atoms with van der Waals surface area (Å²) in [7, 11) is 0. The van der Waals surface area contributed by atoms with Gasteiger partial charge in [-0.05, 0) is 97.7 Å². The molecule has 0 amide bonds. The van der Waals surface area contributed by atoms with E-state index in [0.29, 0.717) is 29.1 Å². The summed E-state index contributed by atoms with van der Waals surface area (Å²) in [5.41, 5.74) is 2.35. The van der Waals surface area contributed by atoms with Crippen LogP contribution in [0.1, 0.15) is 105 Å². The molecule has 0 radical (unpaired) electrons. The van der Waals surface area contributed by atoms with E-state index in [4.69, 9.17) is 0 Å². The van der Waals surface area contributed by atoms with E-state index in [1.54, 1.807) is 5.57 Å². The van der Waals surface area contributed by atoms with Gasteiger partial charge in [-0.15, -0.1) is 0 Å². The van der Waals surface area contributed by atoms with Crippen molar-refractivity contribution in [3.63, 3.8) is 0 Å². The first-order valence-corrected chi connectivity index (χ1v) is 13.7. The van der Waals surface area contributed by atoms with E-state index in [1.807, 2.05) is 0 Å². The van der Waals surface area contributed by atoms with Crippen LogP contribution in [0, 0.1) is 51.8 Å². The lowest BCUT2D eigenvalue weighted by Gasteiger charge is -2.60. The number of rotatable bonds is 5. The Morgan fingerprint density at radius 1 is 1.00 bits per heavy atom. The maximum absolute atomic E-state index is 11.4. The predicted molar refractivity (Wildman–Crippen MR) is 127 cm³/mol. The summed E-state index contributed by atoms with van der Waals surface area (Å²) in [6.07, 6.45) is 15.7. The number of fused-ring (bicyclic) bond motifs is 6. The third-order valence-corrected chi connectivity index (χ3v) is 11.5. The van der Waals surface area contributed by atoms with Crippen molar-refractivity contribution in [3.8, 4) is 0 Å². The van der Waals surface area contributed by atoms with Crippen molar-refractivity contribution in [1.29, 1.82) is 0 Å². The second-order valence-corrected chi connectivity index (χ2v) is 13.5. The van der Waals surface area contributed by atoms with Gasteiger partial charge in [0.05, 0.1) is 12.2 Å². The molecule has 0 heterocycles. The zero-order valence-corrected chi connectivity index (χ0v) is 20.9. The van der Waals surface area contributed by atoms with Crippen LogP contribution in [0.5, 0.6) is 0 Å². The number of hydrogen-bond acceptors (Lipinski definition) is 2. The first-order valence-electron chi connectivity index (χ1n) is 13.7. The van der Waals surface area contributed by atoms with Crippen molar-refractivity contribution < 1.29 is 10.2 Å². The van der Waals surface area contributed by atoms with Crippen LogP contribution in [0.15, 0.2) is 11.6 Å². The van der Waals surface area contributed by atoms with Crippen LogP contribution in [0.4, 0.5) is 0 Å². The van der Waals surface area contributed by atoms with Gasteiger partial charge in [-0.25, -0.2) is 0 Å². The highest BCUT2D eigenvalue weighted by atomic mass is 16.3. The van der Waals surface area contributed by atoms with Crippen molar-refractivity contribution in [3.05, 3.63) is 11.6 Å². The quantitative estimate of drug-likeness (QED) is 0.475. The first kappa shape index (κ1) is 22.5. The van der Waals surface area contributed by atoms with Crippen molar-refractivity contribution in [2.75, 3.05) is 0 Å². The zero-order valence-electron chi connectivity index (χ0n) is 20.9. The fraction of sp³-hybridized carbons (Fsp3) is 0.931. The summed E-state index contributed by atoms with van der Waals surface area (Å²) >= 11 is 0. The van der Waals surface area contributed by atoms with Crippen LogP contribution >= 0.6 is 0 Å². The molecule has 0 saturated heterocycles. The van der Waals surface area contributed by atoms with Gasteiger partial charge in [0, 0.05) is 5.41 Å². The van der Waals surface area contributed by atoms with Gasteiger partial charge in [0.15, 0.2) is 0 Å². The Balaban J connectivity index is 1.39. The smallest absolute Gasteiger partial charge is 0.0634 e. The predicted octanol–water partition coefficient (Wildman–Crippen LogP) is 6.75. The Morgan fingerprint density at radius 3 is 2.42 bits per heavy atom. The molecule has 0 aliphatic heterocycles. The molecular formula is C29H48O2. The summed E-state index contributed by atoms with van der Waals surface area (Å²) in [5, 5.41) is 22.2. The molecule has 5 aliphatic rings. The lowest BCUT2D eigenvalue weighted by atomic mass is 9.45. The summed E-state index contributed by atoms with van der Waals surface area (Å²) in [6.45, 7) is 12.3. The number of aliphatic hydroxyl groups is 2. The summed E-state index contributed by atoms with van der Waals surface area (Å²) < 4.78 is 0. The van der Waals surface area contributed by atoms with E-state index in [2.05, 4.69) is 40.7 Å². The molecular weight excluding hydrogens is 380 g/mol. The Morgan fingerprint density at radius 2 is 1.74 bits per heavy atom. The standard InChI is InChI=1S/C29H48O2/c1-18(2)7-6-8-19(3)22-17-23(30)26-20-9-10-24-27(4,21(20)11-13-28(22,26)5)14-12-25(31)29(24)15-16-29/h10,18-23,25-26,30-31H,6-9,11-17H2,1-5H3/t19-,20-,21+,22-,23-,25+,26-,27-,28-/m1/s1. The van der Waals surface area contributed by atoms with Gasteiger partial charge in [0.25, 0.3) is 0 Å². The molecule has 2 N–H and O–H groups in total. The van der Waals surface area contributed by atoms with Crippen LogP contribution in [0.3, 0.4) is 0 Å². The maximum atomic E-state index is 11.4. The average Bonchev–Trinajstić information content (AvgIpc) is 3.44. The fourth-order valence-electron chi connectivity index (χ4n) is 9.86. The highest BCUT2D eigenvalue weighted by Gasteiger charge is 2.66. The zero-order chi connectivity index (χ0) is 22.2. The summed E-state index contributed by atoms with van der Waals surface area (Å²) in [5.74, 6) is 4.03. The van der Waals surface area contributed by atoms with Gasteiger partial charge in [0.2, 0.25) is 0 Å². The molecule has 4 fully saturated rings. The monoisotopic (exact) mass is 428 g/mol. The van der Waals surface area contributed by atoms with Crippen LogP contribution in [0.2, 0.25) is 0 Å². The highest BCUT2D eigenvalue weighted by Crippen LogP contribution is 2.72. The van der Waals surface area contributed by atoms with Crippen LogP contribution in [0.25, 0.3) is 0 Å². The molecule has 4 saturated carbocycles. The van der Waals surface area contributed by atoms with Crippen molar-refractivity contribution in [2.45, 2.75) is 117 Å². The molecule has 0 aromatic carbocycles. The topological polar surface area (TPSA) is 40.5 Å². The van der Waals surface area contributed by atoms with Gasteiger partial charge in [0.1, 0.15) is 0 Å². The Labute approximate surface area is 191 Å². The lowest BCUT2D eigenvalue weighted by Crippen LogP contribution is -2.54. The highest BCUT2D eigenvalue weighted by molar-refractivity contribution is 5.37. The van der Waals surface area contributed by atoms with Gasteiger partial charge in [-0.2, -0.15) is 0 Å². The third kappa shape index (κ3) is 3.24. The van der Waals surface area contributed by atoms with Crippen molar-refractivity contribution in [1.82, 2.24) is 0 Å². The largest absolute Gasteiger partial charge is 0.393 e. The molecule has 2 heteroatoms. The van der Waals surface area contributed by atoms with E-state index in [1.165, 1.54) is 44.9 Å². The fourth-order valence-corrected chi connectivity index (χ4v) is 9.86. The molecule has 176 valence electrons. The Kier molecular flexibility index (Phi) is 5.50. The molecule has 31 heavy (non-hydrogen) atoms. The Hall–Kier alpha value is -0.340. The lowest BCUT2D eigenvalue weighted by molar-refractivity contribution is -0.0898. The van der Waals surface area contributed by atoms with Crippen LogP contribution in [-0.4, -0.2) is 22.4 Å².